The summed E-state index contributed by atoms with van der Waals surface area (Å²) in [7, 11) is 1.80. The molecular weight excluding hydrogens is 406 g/mol. The minimum atomic E-state index is -0.505. The Morgan fingerprint density at radius 2 is 1.97 bits per heavy atom. The molecule has 2 aromatic carbocycles. The van der Waals surface area contributed by atoms with Gasteiger partial charge < -0.3 is 9.15 Å². The summed E-state index contributed by atoms with van der Waals surface area (Å²) >= 11 is 0. The number of carbonyl (C=O) groups excluding carboxylic acids is 2. The van der Waals surface area contributed by atoms with Gasteiger partial charge in [-0.2, -0.15) is 5.10 Å². The number of nitrogens with zero attached hydrogens (tertiary/aromatic N) is 3. The molecule has 2 heterocycles. The van der Waals surface area contributed by atoms with Crippen LogP contribution in [0.1, 0.15) is 36.7 Å². The molecule has 0 aliphatic carbocycles. The van der Waals surface area contributed by atoms with Gasteiger partial charge in [-0.15, -0.1) is 0 Å². The maximum absolute atomic E-state index is 13.3. The quantitative estimate of drug-likeness (QED) is 0.393. The molecule has 0 saturated heterocycles. The number of ether oxygens (including phenoxy) is 1. The molecule has 0 aliphatic rings. The van der Waals surface area contributed by atoms with E-state index in [1.54, 1.807) is 41.2 Å². The number of hydrogen-bond donors (Lipinski definition) is 0. The number of hydrogen-bond acceptors (Lipinski definition) is 5. The van der Waals surface area contributed by atoms with Crippen molar-refractivity contribution < 1.29 is 18.7 Å². The average Bonchev–Trinajstić information content (AvgIpc) is 3.41. The molecule has 4 aromatic rings. The Balaban J connectivity index is 1.73. The first kappa shape index (κ1) is 21.4. The monoisotopic (exact) mass is 431 g/mol. The molecule has 7 nitrogen and oxygen atoms in total. The van der Waals surface area contributed by atoms with Gasteiger partial charge >= 0.3 is 6.09 Å². The van der Waals surface area contributed by atoms with Gasteiger partial charge in [0.1, 0.15) is 11.3 Å². The topological polar surface area (TPSA) is 77.6 Å². The van der Waals surface area contributed by atoms with Gasteiger partial charge in [-0.1, -0.05) is 30.3 Å². The number of amides is 1. The minimum Gasteiger partial charge on any atom is -0.464 e. The van der Waals surface area contributed by atoms with Gasteiger partial charge in [0.15, 0.2) is 6.29 Å². The number of benzene rings is 2. The molecule has 0 atom stereocenters. The van der Waals surface area contributed by atoms with Crippen LogP contribution in [0, 0.1) is 0 Å². The summed E-state index contributed by atoms with van der Waals surface area (Å²) in [6.07, 6.45) is 5.21. The van der Waals surface area contributed by atoms with Crippen molar-refractivity contribution in [2.75, 3.05) is 0 Å². The normalized spacial score (nSPS) is 11.5. The molecule has 0 N–H and O–H groups in total. The maximum Gasteiger partial charge on any atom is 0.415 e. The summed E-state index contributed by atoms with van der Waals surface area (Å²) in [5, 5.41) is 4.80. The van der Waals surface area contributed by atoms with Gasteiger partial charge in [-0.3, -0.25) is 14.4 Å². The lowest BCUT2D eigenvalue weighted by molar-refractivity contribution is 0.102. The van der Waals surface area contributed by atoms with E-state index in [-0.39, 0.29) is 5.75 Å². The zero-order chi connectivity index (χ0) is 22.9. The van der Waals surface area contributed by atoms with E-state index in [1.165, 1.54) is 6.26 Å². The molecule has 2 aromatic heterocycles. The maximum atomic E-state index is 13.3. The largest absolute Gasteiger partial charge is 0.464 e. The predicted molar refractivity (Wildman–Crippen MR) is 122 cm³/mol. The Kier molecular flexibility index (Phi) is 5.57. The van der Waals surface area contributed by atoms with Gasteiger partial charge in [-0.05, 0) is 38.5 Å². The highest BCUT2D eigenvalue weighted by Gasteiger charge is 2.29. The van der Waals surface area contributed by atoms with Gasteiger partial charge in [-0.25, -0.2) is 4.79 Å². The molecule has 0 saturated carbocycles. The highest BCUT2D eigenvalue weighted by atomic mass is 16.6. The second kappa shape index (κ2) is 8.34. The van der Waals surface area contributed by atoms with Crippen molar-refractivity contribution in [3.05, 3.63) is 72.2 Å². The Hall–Kier alpha value is -3.87. The third-order valence-corrected chi connectivity index (χ3v) is 5.26. The third-order valence-electron chi connectivity index (χ3n) is 5.26. The lowest BCUT2D eigenvalue weighted by Crippen LogP contribution is -2.46. The SMILES string of the molecule is Cn1cc(-c2c(C=O)cc(OC(=O)N(Cc3ccccc3)C(C)(C)C)c3ccoc23)cn1. The van der Waals surface area contributed by atoms with Gasteiger partial charge in [0.2, 0.25) is 0 Å². The molecule has 164 valence electrons. The van der Waals surface area contributed by atoms with Gasteiger partial charge in [0.25, 0.3) is 0 Å². The Bertz CT molecular complexity index is 1270. The van der Waals surface area contributed by atoms with Crippen molar-refractivity contribution in [2.24, 2.45) is 7.05 Å². The Morgan fingerprint density at radius 3 is 2.59 bits per heavy atom. The number of furan rings is 1. The zero-order valence-corrected chi connectivity index (χ0v) is 18.5. The molecule has 0 bridgehead atoms. The Morgan fingerprint density at radius 1 is 1.22 bits per heavy atom. The van der Waals surface area contributed by atoms with Crippen molar-refractivity contribution in [3.8, 4) is 16.9 Å². The first-order chi connectivity index (χ1) is 15.3. The summed E-state index contributed by atoms with van der Waals surface area (Å²) in [4.78, 5) is 26.8. The molecule has 0 aliphatic heterocycles. The minimum absolute atomic E-state index is 0.274. The van der Waals surface area contributed by atoms with E-state index >= 15 is 0 Å². The summed E-state index contributed by atoms with van der Waals surface area (Å²) in [5.74, 6) is 0.274. The van der Waals surface area contributed by atoms with Crippen LogP contribution in [0.15, 0.2) is 65.5 Å². The lowest BCUT2D eigenvalue weighted by Gasteiger charge is -2.34. The van der Waals surface area contributed by atoms with Gasteiger partial charge in [0, 0.05) is 42.0 Å². The molecule has 1 amide bonds. The first-order valence-corrected chi connectivity index (χ1v) is 10.3. The van der Waals surface area contributed by atoms with Crippen molar-refractivity contribution in [1.82, 2.24) is 14.7 Å². The van der Waals surface area contributed by atoms with Crippen LogP contribution in [0.25, 0.3) is 22.1 Å². The number of fused-ring (bicyclic) bond motifs is 1. The van der Waals surface area contributed by atoms with Crippen LogP contribution in [-0.2, 0) is 13.6 Å². The molecule has 4 rings (SSSR count). The van der Waals surface area contributed by atoms with Crippen LogP contribution in [0.5, 0.6) is 5.75 Å². The molecule has 0 radical (unpaired) electrons. The number of aldehydes is 1. The molecule has 0 fully saturated rings. The number of aromatic nitrogens is 2. The third kappa shape index (κ3) is 4.14. The van der Waals surface area contributed by atoms with E-state index in [4.69, 9.17) is 9.15 Å². The highest BCUT2D eigenvalue weighted by Crippen LogP contribution is 2.38. The van der Waals surface area contributed by atoms with Crippen molar-refractivity contribution in [2.45, 2.75) is 32.9 Å². The lowest BCUT2D eigenvalue weighted by atomic mass is 10.00. The molecule has 7 heteroatoms. The molecule has 32 heavy (non-hydrogen) atoms. The van der Waals surface area contributed by atoms with E-state index in [1.807, 2.05) is 51.1 Å². The van der Waals surface area contributed by atoms with E-state index in [2.05, 4.69) is 5.10 Å². The summed E-state index contributed by atoms with van der Waals surface area (Å²) in [5.41, 5.74) is 2.70. The van der Waals surface area contributed by atoms with Crippen LogP contribution in [0.4, 0.5) is 4.79 Å². The van der Waals surface area contributed by atoms with Crippen molar-refractivity contribution >= 4 is 23.3 Å². The van der Waals surface area contributed by atoms with E-state index in [9.17, 15) is 9.59 Å². The van der Waals surface area contributed by atoms with Crippen LogP contribution < -0.4 is 4.74 Å². The molecule has 0 unspecified atom stereocenters. The second-order valence-electron chi connectivity index (χ2n) is 8.63. The van der Waals surface area contributed by atoms with E-state index in [0.29, 0.717) is 28.6 Å². The van der Waals surface area contributed by atoms with Crippen LogP contribution >= 0.6 is 0 Å². The average molecular weight is 431 g/mol. The fourth-order valence-electron chi connectivity index (χ4n) is 3.64. The number of carbonyl (C=O) groups is 2. The Labute approximate surface area is 186 Å². The van der Waals surface area contributed by atoms with Gasteiger partial charge in [0.05, 0.1) is 17.8 Å². The fourth-order valence-corrected chi connectivity index (χ4v) is 3.64. The number of aryl methyl sites for hydroxylation is 1. The van der Waals surface area contributed by atoms with Crippen LogP contribution in [-0.4, -0.2) is 32.6 Å². The standard InChI is InChI=1S/C25H25N3O4/c1-25(2,3)28(14-17-8-6-5-7-9-17)24(30)32-21-12-18(16-29)22(19-13-26-27(4)15-19)23-20(21)10-11-31-23/h5-13,15-16H,14H2,1-4H3. The summed E-state index contributed by atoms with van der Waals surface area (Å²) in [6, 6.07) is 13.0. The van der Waals surface area contributed by atoms with Crippen LogP contribution in [0.3, 0.4) is 0 Å². The highest BCUT2D eigenvalue weighted by molar-refractivity contribution is 6.04. The second-order valence-corrected chi connectivity index (χ2v) is 8.63. The predicted octanol–water partition coefficient (Wildman–Crippen LogP) is 5.45. The fraction of sp³-hybridized carbons (Fsp3) is 0.240. The van der Waals surface area contributed by atoms with Crippen molar-refractivity contribution in [1.29, 1.82) is 0 Å². The van der Waals surface area contributed by atoms with Crippen LogP contribution in [0.2, 0.25) is 0 Å². The summed E-state index contributed by atoms with van der Waals surface area (Å²) in [6.45, 7) is 6.25. The first-order valence-electron chi connectivity index (χ1n) is 10.3. The molecule has 0 spiro atoms. The van der Waals surface area contributed by atoms with E-state index < -0.39 is 11.6 Å². The zero-order valence-electron chi connectivity index (χ0n) is 18.5. The van der Waals surface area contributed by atoms with Crippen molar-refractivity contribution in [3.63, 3.8) is 0 Å². The van der Waals surface area contributed by atoms with E-state index in [0.717, 1.165) is 17.4 Å². The number of rotatable bonds is 5. The molecular formula is C25H25N3O4. The summed E-state index contributed by atoms with van der Waals surface area (Å²) < 4.78 is 13.2. The smallest absolute Gasteiger partial charge is 0.415 e.